The Kier molecular flexibility index (Phi) is 5.18. The van der Waals surface area contributed by atoms with Crippen LogP contribution < -0.4 is 0 Å². The van der Waals surface area contributed by atoms with Gasteiger partial charge in [0.1, 0.15) is 6.54 Å². The predicted octanol–water partition coefficient (Wildman–Crippen LogP) is -1.13. The van der Waals surface area contributed by atoms with Crippen molar-refractivity contribution < 1.29 is 23.9 Å². The lowest BCUT2D eigenvalue weighted by atomic mass is 10.2. The molecule has 0 saturated heterocycles. The lowest BCUT2D eigenvalue weighted by molar-refractivity contribution is -0.140. The number of hydrogen-bond donors (Lipinski definition) is 0. The monoisotopic (exact) mass is 284 g/mol. The largest absolute Gasteiger partial charge is 0.469 e. The van der Waals surface area contributed by atoms with E-state index in [1.165, 1.54) is 23.8 Å². The van der Waals surface area contributed by atoms with E-state index in [1.54, 1.807) is 14.1 Å². The van der Waals surface area contributed by atoms with E-state index in [4.69, 9.17) is 0 Å². The van der Waals surface area contributed by atoms with Crippen molar-refractivity contribution in [3.05, 3.63) is 11.4 Å². The molecule has 0 saturated carbocycles. The molecule has 0 atom stereocenters. The zero-order chi connectivity index (χ0) is 15.3. The van der Waals surface area contributed by atoms with Crippen LogP contribution in [0.1, 0.15) is 16.2 Å². The maximum atomic E-state index is 11.7. The van der Waals surface area contributed by atoms with Crippen LogP contribution in [0.4, 0.5) is 0 Å². The summed E-state index contributed by atoms with van der Waals surface area (Å²) in [7, 11) is 5.58. The van der Waals surface area contributed by atoms with Gasteiger partial charge < -0.3 is 14.4 Å². The van der Waals surface area contributed by atoms with E-state index in [0.29, 0.717) is 0 Å². The highest BCUT2D eigenvalue weighted by Crippen LogP contribution is 2.09. The molecule has 1 amide bonds. The van der Waals surface area contributed by atoms with Gasteiger partial charge in [0.25, 0.3) is 0 Å². The van der Waals surface area contributed by atoms with Crippen LogP contribution >= 0.6 is 0 Å². The van der Waals surface area contributed by atoms with Crippen molar-refractivity contribution in [1.29, 1.82) is 0 Å². The number of ether oxygens (including phenoxy) is 2. The first-order valence-corrected chi connectivity index (χ1v) is 5.68. The molecule has 1 aromatic heterocycles. The summed E-state index contributed by atoms with van der Waals surface area (Å²) in [5, 5.41) is 7.35. The second-order valence-corrected chi connectivity index (χ2v) is 4.08. The van der Waals surface area contributed by atoms with Crippen LogP contribution in [0.5, 0.6) is 0 Å². The quantitative estimate of drug-likeness (QED) is 0.630. The van der Waals surface area contributed by atoms with Crippen LogP contribution in [0.2, 0.25) is 0 Å². The van der Waals surface area contributed by atoms with Gasteiger partial charge in [0.15, 0.2) is 5.69 Å². The van der Waals surface area contributed by atoms with Gasteiger partial charge in [-0.1, -0.05) is 5.21 Å². The van der Waals surface area contributed by atoms with E-state index in [-0.39, 0.29) is 30.3 Å². The van der Waals surface area contributed by atoms with Gasteiger partial charge in [-0.25, -0.2) is 9.48 Å². The second-order valence-electron chi connectivity index (χ2n) is 4.08. The van der Waals surface area contributed by atoms with Gasteiger partial charge in [0.2, 0.25) is 5.91 Å². The van der Waals surface area contributed by atoms with Crippen LogP contribution in [-0.2, 0) is 32.0 Å². The fourth-order valence-corrected chi connectivity index (χ4v) is 1.37. The standard InChI is InChI=1S/C11H16N4O5/c1-14(2)8(16)6-15-7(5-9(17)19-3)10(12-13-15)11(18)20-4/h5-6H2,1-4H3. The Morgan fingerprint density at radius 2 is 1.85 bits per heavy atom. The third kappa shape index (κ3) is 3.53. The SMILES string of the molecule is COC(=O)Cc1c(C(=O)OC)nnn1CC(=O)N(C)C. The van der Waals surface area contributed by atoms with Gasteiger partial charge in [0.05, 0.1) is 26.3 Å². The molecule has 0 fully saturated rings. The molecule has 0 aliphatic heterocycles. The molecule has 0 aliphatic rings. The Bertz CT molecular complexity index is 523. The van der Waals surface area contributed by atoms with Crippen molar-refractivity contribution in [3.8, 4) is 0 Å². The Balaban J connectivity index is 3.10. The predicted molar refractivity (Wildman–Crippen MR) is 65.8 cm³/mol. The molecule has 20 heavy (non-hydrogen) atoms. The first kappa shape index (κ1) is 15.6. The minimum atomic E-state index is -0.729. The third-order valence-corrected chi connectivity index (χ3v) is 2.54. The van der Waals surface area contributed by atoms with E-state index < -0.39 is 11.9 Å². The lowest BCUT2D eigenvalue weighted by Crippen LogP contribution is -2.28. The molecule has 0 unspecified atom stereocenters. The Labute approximate surface area is 115 Å². The Hall–Kier alpha value is -2.45. The molecule has 0 radical (unpaired) electrons. The molecule has 9 heteroatoms. The molecule has 0 bridgehead atoms. The highest BCUT2D eigenvalue weighted by atomic mass is 16.5. The number of aromatic nitrogens is 3. The molecule has 9 nitrogen and oxygen atoms in total. The number of carbonyl (C=O) groups excluding carboxylic acids is 3. The summed E-state index contributed by atoms with van der Waals surface area (Å²) in [5.74, 6) is -1.55. The Morgan fingerprint density at radius 1 is 1.20 bits per heavy atom. The van der Waals surface area contributed by atoms with Gasteiger partial charge in [-0.2, -0.15) is 0 Å². The van der Waals surface area contributed by atoms with Crippen molar-refractivity contribution in [3.63, 3.8) is 0 Å². The summed E-state index contributed by atoms with van der Waals surface area (Å²) in [6.45, 7) is -0.136. The number of amides is 1. The van der Waals surface area contributed by atoms with Crippen LogP contribution in [-0.4, -0.2) is 66.1 Å². The fourth-order valence-electron chi connectivity index (χ4n) is 1.37. The van der Waals surface area contributed by atoms with Crippen molar-refractivity contribution in [1.82, 2.24) is 19.9 Å². The third-order valence-electron chi connectivity index (χ3n) is 2.54. The van der Waals surface area contributed by atoms with Gasteiger partial charge in [-0.3, -0.25) is 9.59 Å². The molecule has 110 valence electrons. The molecular weight excluding hydrogens is 268 g/mol. The molecule has 0 aliphatic carbocycles. The van der Waals surface area contributed by atoms with Crippen molar-refractivity contribution >= 4 is 17.8 Å². The normalized spacial score (nSPS) is 10.0. The van der Waals surface area contributed by atoms with Crippen molar-refractivity contribution in [2.24, 2.45) is 0 Å². The number of esters is 2. The lowest BCUT2D eigenvalue weighted by Gasteiger charge is -2.11. The topological polar surface area (TPSA) is 104 Å². The molecule has 0 N–H and O–H groups in total. The van der Waals surface area contributed by atoms with Crippen LogP contribution in [0.15, 0.2) is 0 Å². The Morgan fingerprint density at radius 3 is 2.35 bits per heavy atom. The molecule has 1 aromatic rings. The van der Waals surface area contributed by atoms with Crippen molar-refractivity contribution in [2.75, 3.05) is 28.3 Å². The fraction of sp³-hybridized carbons (Fsp3) is 0.545. The van der Waals surface area contributed by atoms with Crippen LogP contribution in [0.3, 0.4) is 0 Å². The maximum Gasteiger partial charge on any atom is 0.360 e. The molecule has 0 aromatic carbocycles. The van der Waals surface area contributed by atoms with Gasteiger partial charge in [-0.05, 0) is 0 Å². The zero-order valence-corrected chi connectivity index (χ0v) is 11.7. The minimum absolute atomic E-state index is 0.107. The summed E-state index contributed by atoms with van der Waals surface area (Å²) < 4.78 is 10.3. The summed E-state index contributed by atoms with van der Waals surface area (Å²) >= 11 is 0. The number of nitrogens with zero attached hydrogens (tertiary/aromatic N) is 4. The zero-order valence-electron chi connectivity index (χ0n) is 11.7. The minimum Gasteiger partial charge on any atom is -0.469 e. The number of likely N-dealkylation sites (N-methyl/N-ethyl adjacent to an activating group) is 1. The van der Waals surface area contributed by atoms with E-state index in [0.717, 1.165) is 0 Å². The summed E-state index contributed by atoms with van der Waals surface area (Å²) in [6.07, 6.45) is -0.228. The average Bonchev–Trinajstić information content (AvgIpc) is 2.80. The smallest absolute Gasteiger partial charge is 0.360 e. The summed E-state index contributed by atoms with van der Waals surface area (Å²) in [6, 6.07) is 0. The van der Waals surface area contributed by atoms with Crippen molar-refractivity contribution in [2.45, 2.75) is 13.0 Å². The first-order chi connectivity index (χ1) is 9.40. The summed E-state index contributed by atoms with van der Waals surface area (Å²) in [5.41, 5.74) is 0.0726. The second kappa shape index (κ2) is 6.64. The van der Waals surface area contributed by atoms with Crippen LogP contribution in [0.25, 0.3) is 0 Å². The number of rotatable bonds is 5. The van der Waals surface area contributed by atoms with Crippen LogP contribution in [0, 0.1) is 0 Å². The number of hydrogen-bond acceptors (Lipinski definition) is 7. The maximum absolute atomic E-state index is 11.7. The highest BCUT2D eigenvalue weighted by molar-refractivity contribution is 5.90. The molecule has 1 heterocycles. The van der Waals surface area contributed by atoms with E-state index >= 15 is 0 Å². The van der Waals surface area contributed by atoms with Gasteiger partial charge in [-0.15, -0.1) is 5.10 Å². The van der Waals surface area contributed by atoms with E-state index in [2.05, 4.69) is 19.8 Å². The van der Waals surface area contributed by atoms with E-state index in [9.17, 15) is 14.4 Å². The van der Waals surface area contributed by atoms with E-state index in [1.807, 2.05) is 0 Å². The number of methoxy groups -OCH3 is 2. The average molecular weight is 284 g/mol. The first-order valence-electron chi connectivity index (χ1n) is 5.68. The summed E-state index contributed by atoms with van der Waals surface area (Å²) in [4.78, 5) is 36.0. The molecular formula is C11H16N4O5. The number of carbonyl (C=O) groups is 3. The molecule has 1 rings (SSSR count). The highest BCUT2D eigenvalue weighted by Gasteiger charge is 2.24. The van der Waals surface area contributed by atoms with Gasteiger partial charge >= 0.3 is 11.9 Å². The molecule has 0 spiro atoms. The van der Waals surface area contributed by atoms with Gasteiger partial charge in [0, 0.05) is 14.1 Å².